The lowest BCUT2D eigenvalue weighted by molar-refractivity contribution is -0.142. The van der Waals surface area contributed by atoms with Crippen molar-refractivity contribution in [3.8, 4) is 0 Å². The minimum absolute atomic E-state index is 0.0344. The second kappa shape index (κ2) is 61.8. The van der Waals surface area contributed by atoms with E-state index in [1.165, 1.54) is 29.7 Å². The molecule has 44 nitrogen and oxygen atoms in total. The van der Waals surface area contributed by atoms with E-state index in [0.717, 1.165) is 24.8 Å². The summed E-state index contributed by atoms with van der Waals surface area (Å²) in [4.78, 5) is 284. The van der Waals surface area contributed by atoms with Crippen molar-refractivity contribution in [1.82, 2.24) is 101 Å². The summed E-state index contributed by atoms with van der Waals surface area (Å²) in [5.41, 5.74) is 17.2. The Morgan fingerprint density at radius 2 is 1.01 bits per heavy atom. The second-order valence-electron chi connectivity index (χ2n) is 37.3. The second-order valence-corrected chi connectivity index (χ2v) is 39.6. The van der Waals surface area contributed by atoms with Gasteiger partial charge in [0.2, 0.25) is 100 Å². The maximum absolute atomic E-state index is 14.8. The molecule has 21 atom stereocenters. The first-order valence-electron chi connectivity index (χ1n) is 48.3. The Labute approximate surface area is 818 Å². The van der Waals surface area contributed by atoms with Gasteiger partial charge in [-0.25, -0.2) is 4.79 Å². The van der Waals surface area contributed by atoms with Crippen molar-refractivity contribution < 1.29 is 106 Å². The minimum Gasteiger partial charge on any atom is -0.480 e. The van der Waals surface area contributed by atoms with Gasteiger partial charge in [0, 0.05) is 23.8 Å². The van der Waals surface area contributed by atoms with Gasteiger partial charge in [0.25, 0.3) is 11.8 Å². The third-order valence-corrected chi connectivity index (χ3v) is 26.7. The molecule has 0 saturated carbocycles. The number of amides is 19. The number of hydrogen-bond acceptors (Lipinski definition) is 26. The molecular formula is C92H158N22O22S2. The zero-order valence-corrected chi connectivity index (χ0v) is 85.2. The maximum Gasteiger partial charge on any atom is 0.326 e. The van der Waals surface area contributed by atoms with E-state index in [2.05, 4.69) is 95.7 Å². The minimum atomic E-state index is -1.92. The van der Waals surface area contributed by atoms with Crippen molar-refractivity contribution in [3.05, 3.63) is 23.5 Å². The van der Waals surface area contributed by atoms with E-state index in [0.29, 0.717) is 57.8 Å². The summed E-state index contributed by atoms with van der Waals surface area (Å²) < 4.78 is 0. The average molecular weight is 1990 g/mol. The first-order chi connectivity index (χ1) is 65.0. The number of aliphatic carboxylic acids is 1. The molecule has 0 bridgehead atoms. The summed E-state index contributed by atoms with van der Waals surface area (Å²) in [6.07, 6.45) is 4.49. The molecule has 0 aromatic heterocycles. The van der Waals surface area contributed by atoms with Gasteiger partial charge in [-0.2, -0.15) is 23.5 Å². The predicted octanol–water partition coefficient (Wildman–Crippen LogP) is -2.44. The average Bonchev–Trinajstić information content (AvgIpc) is 1.68. The molecule has 21 unspecified atom stereocenters. The SMILES string of the molecule is CC=C(NC(=O)C(CC(C)C)NC(=O)CNC(=O)C(NC(=O)C(NC(=O)C(NC(=O)CNC(=O)C(NC(=O)C1CSCCC(N)C(=O)NC(=CC)C(=O)N2CCCC2C(=O)NC(CC(C)C)C(=O)N1)C(C)C)C(C)C)C(C)CC)C(C)CC)C(=O)NC(C(=O)NC1CSCC(C(=O)NC(CCCCN)C(=O)O)NC(=O)C(C(C)CC)NC(=O)C(CCCCN)NC(=O)C(C(C)CC)NC1=O)C(C)O. The molecule has 3 rings (SSSR count). The molecule has 0 radical (unpaired) electrons. The molecule has 46 heteroatoms. The smallest absolute Gasteiger partial charge is 0.326 e. The Hall–Kier alpha value is -10.6. The van der Waals surface area contributed by atoms with Crippen molar-refractivity contribution in [2.24, 2.45) is 64.5 Å². The van der Waals surface area contributed by atoms with Crippen LogP contribution in [0.15, 0.2) is 23.5 Å². The van der Waals surface area contributed by atoms with Crippen LogP contribution in [0.3, 0.4) is 0 Å². The van der Waals surface area contributed by atoms with Crippen molar-refractivity contribution in [2.75, 3.05) is 55.7 Å². The van der Waals surface area contributed by atoms with Gasteiger partial charge in [-0.05, 0) is 158 Å². The molecule has 138 heavy (non-hydrogen) atoms. The lowest BCUT2D eigenvalue weighted by atomic mass is 9.94. The standard InChI is InChI=1S/C92H158N22O22S2/c1-20-50(15)70(111-89(132)73(53(18)23-4)112-86(129)69(49(13)14)107-67(117)42-96-84(127)68(48(11)12)108-81(124)62-43-137-38-34-55(95)75(118)100-57(25-6)91(134)114-37-30-33-65(114)83(126)103-61(40-47(9)10)79(122)104-62)85(128)97-41-66(116)98-60(39-46(7)8)78(121)99-56(24-5)76(119)113-74(54(19)115)90(133)106-64-45-138-44-63(80(123)102-59(92(135)136)32-27-29-36-94)105-88(131)72(52(17)22-3)109-77(120)58(31-26-28-35-93)101-87(130)71(51(16)21-2)110-82(64)125/h24-25,46-55,58-65,68-74,115H,20-23,26-45,93-95H2,1-19H3,(H,96,127)(H,97,128)(H,98,116)(H,99,121)(H,100,118)(H,101,130)(H,102,123)(H,103,126)(H,104,122)(H,105,131)(H,106,133)(H,107,117)(H,108,124)(H,109,120)(H,110,125)(H,111,132)(H,112,129)(H,113,119)(H,135,136). The number of nitrogens with one attached hydrogen (secondary N) is 18. The molecule has 0 aromatic rings. The largest absolute Gasteiger partial charge is 0.480 e. The first kappa shape index (κ1) is 122. The molecule has 3 aliphatic heterocycles. The number of rotatable bonds is 46. The Morgan fingerprint density at radius 1 is 0.500 bits per heavy atom. The number of carbonyl (C=O) groups excluding carboxylic acids is 19. The number of nitrogens with zero attached hydrogens (tertiary/aromatic N) is 1. The number of allylic oxidation sites excluding steroid dienone is 2. The zero-order valence-electron chi connectivity index (χ0n) is 83.6. The van der Waals surface area contributed by atoms with Crippen molar-refractivity contribution in [3.63, 3.8) is 0 Å². The third-order valence-electron chi connectivity index (χ3n) is 24.5. The van der Waals surface area contributed by atoms with E-state index in [-0.39, 0.29) is 87.2 Å². The first-order valence-corrected chi connectivity index (χ1v) is 50.6. The summed E-state index contributed by atoms with van der Waals surface area (Å²) in [5.74, 6) is -22.3. The van der Waals surface area contributed by atoms with Gasteiger partial charge in [-0.1, -0.05) is 149 Å². The molecule has 19 amide bonds. The van der Waals surface area contributed by atoms with Crippen LogP contribution in [0, 0.1) is 47.3 Å². The van der Waals surface area contributed by atoms with E-state index < -0.39 is 287 Å². The highest BCUT2D eigenvalue weighted by Gasteiger charge is 2.44. The number of carboxylic acid groups (broad SMARTS) is 1. The third kappa shape index (κ3) is 40.0. The highest BCUT2D eigenvalue weighted by Crippen LogP contribution is 2.24. The maximum atomic E-state index is 14.8. The molecule has 0 spiro atoms. The summed E-state index contributed by atoms with van der Waals surface area (Å²) >= 11 is 1.99. The summed E-state index contributed by atoms with van der Waals surface area (Å²) in [7, 11) is 0. The number of thioether (sulfide) groups is 2. The van der Waals surface area contributed by atoms with Crippen LogP contribution in [0.25, 0.3) is 0 Å². The number of unbranched alkanes of at least 4 members (excludes halogenated alkanes) is 2. The lowest BCUT2D eigenvalue weighted by Crippen LogP contribution is -2.63. The van der Waals surface area contributed by atoms with Crippen LogP contribution in [-0.4, -0.2) is 292 Å². The van der Waals surface area contributed by atoms with Crippen molar-refractivity contribution in [2.45, 2.75) is 331 Å². The van der Waals surface area contributed by atoms with Gasteiger partial charge in [0.05, 0.1) is 25.2 Å². The Balaban J connectivity index is 1.85. The number of hydrogen-bond donors (Lipinski definition) is 23. The van der Waals surface area contributed by atoms with Gasteiger partial charge in [0.1, 0.15) is 102 Å². The zero-order chi connectivity index (χ0) is 104. The molecule has 3 fully saturated rings. The van der Waals surface area contributed by atoms with Crippen LogP contribution >= 0.6 is 23.5 Å². The number of nitrogens with two attached hydrogens (primary N) is 3. The van der Waals surface area contributed by atoms with E-state index in [1.54, 1.807) is 104 Å². The summed E-state index contributed by atoms with van der Waals surface area (Å²) in [5, 5.41) is 68.6. The van der Waals surface area contributed by atoms with Crippen LogP contribution in [0.1, 0.15) is 228 Å². The van der Waals surface area contributed by atoms with Gasteiger partial charge in [-0.3, -0.25) is 91.1 Å². The topological polar surface area (TPSA) is 680 Å². The fraction of sp³-hybridized carbons (Fsp3) is 0.739. The number of fused-ring (bicyclic) bond motifs is 1. The number of aliphatic hydroxyl groups excluding tert-OH is 1. The van der Waals surface area contributed by atoms with E-state index in [9.17, 15) is 106 Å². The monoisotopic (exact) mass is 1990 g/mol. The Kier molecular flexibility index (Phi) is 54.4. The molecule has 0 aromatic carbocycles. The van der Waals surface area contributed by atoms with Crippen molar-refractivity contribution >= 4 is 142 Å². The number of carbonyl (C=O) groups is 20. The lowest BCUT2D eigenvalue weighted by Gasteiger charge is -2.31. The molecule has 3 saturated heterocycles. The molecule has 3 heterocycles. The van der Waals surface area contributed by atoms with Gasteiger partial charge in [-0.15, -0.1) is 0 Å². The Bertz CT molecular complexity index is 4210. The highest BCUT2D eigenvalue weighted by atomic mass is 32.2. The van der Waals surface area contributed by atoms with Gasteiger partial charge < -0.3 is 128 Å². The van der Waals surface area contributed by atoms with Crippen LogP contribution in [-0.2, 0) is 95.9 Å². The Morgan fingerprint density at radius 3 is 1.54 bits per heavy atom. The van der Waals surface area contributed by atoms with Crippen LogP contribution in [0.4, 0.5) is 0 Å². The number of carboxylic acids is 1. The summed E-state index contributed by atoms with van der Waals surface area (Å²) in [6, 6.07) is -21.9. The normalized spacial score (nSPS) is 22.8. The number of aliphatic hydroxyl groups is 1. The van der Waals surface area contributed by atoms with E-state index in [4.69, 9.17) is 17.2 Å². The van der Waals surface area contributed by atoms with Gasteiger partial charge in [0.15, 0.2) is 0 Å². The molecule has 780 valence electrons. The summed E-state index contributed by atoms with van der Waals surface area (Å²) in [6.45, 7) is 30.5. The molecule has 26 N–H and O–H groups in total. The molecule has 0 aliphatic carbocycles. The molecular weight excluding hydrogens is 1830 g/mol. The van der Waals surface area contributed by atoms with Crippen molar-refractivity contribution in [1.29, 1.82) is 0 Å². The van der Waals surface area contributed by atoms with E-state index >= 15 is 0 Å². The quantitative estimate of drug-likeness (QED) is 0.0222. The predicted molar refractivity (Wildman–Crippen MR) is 520 cm³/mol. The van der Waals surface area contributed by atoms with Crippen LogP contribution in [0.2, 0.25) is 0 Å². The highest BCUT2D eigenvalue weighted by molar-refractivity contribution is 7.99. The van der Waals surface area contributed by atoms with Gasteiger partial charge >= 0.3 is 5.97 Å². The van der Waals surface area contributed by atoms with Crippen LogP contribution < -0.4 is 113 Å². The van der Waals surface area contributed by atoms with E-state index in [1.807, 2.05) is 13.8 Å². The fourth-order valence-electron chi connectivity index (χ4n) is 15.1. The molecule has 3 aliphatic rings. The fourth-order valence-corrected chi connectivity index (χ4v) is 17.2. The van der Waals surface area contributed by atoms with Crippen LogP contribution in [0.5, 0.6) is 0 Å².